The molecule has 4 fully saturated rings. The highest BCUT2D eigenvalue weighted by Gasteiger charge is 2.51. The zero-order valence-electron chi connectivity index (χ0n) is 42.1. The SMILES string of the molecule is CO[C@@H](C)c1ncc(N2CCN(C)CC2)cc1-c1c2c3cc(ccc3n1CCOC(C)C)-c1csc(n1)[C@@H](N1CCOCC1)[C@H](NC(=O)C1[C@@H](C)[C@H]1C)C(=O)N1CCC[C@H](N1)C(=O)OCC(C)(C)C2. The Hall–Kier alpha value is -4.49. The lowest BCUT2D eigenvalue weighted by Gasteiger charge is -2.41. The number of pyridine rings is 1. The van der Waals surface area contributed by atoms with E-state index in [1.165, 1.54) is 16.3 Å². The molecule has 3 aromatic heterocycles. The minimum Gasteiger partial charge on any atom is -0.464 e. The van der Waals surface area contributed by atoms with Gasteiger partial charge in [0, 0.05) is 98.2 Å². The molecule has 2 amide bonds. The number of cyclic esters (lactones) is 1. The van der Waals surface area contributed by atoms with Gasteiger partial charge in [-0.3, -0.25) is 29.3 Å². The van der Waals surface area contributed by atoms with Crippen LogP contribution in [0.2, 0.25) is 0 Å². The summed E-state index contributed by atoms with van der Waals surface area (Å²) < 4.78 is 26.8. The van der Waals surface area contributed by atoms with Crippen molar-refractivity contribution < 1.29 is 33.3 Å². The lowest BCUT2D eigenvalue weighted by molar-refractivity contribution is -0.156. The molecule has 69 heavy (non-hydrogen) atoms. The number of methoxy groups -OCH3 is 1. The molecule has 17 heteroatoms. The molecule has 3 saturated heterocycles. The first-order chi connectivity index (χ1) is 33.1. The average molecular weight is 968 g/mol. The second-order valence-electron chi connectivity index (χ2n) is 21.1. The van der Waals surface area contributed by atoms with Gasteiger partial charge in [0.15, 0.2) is 0 Å². The number of nitrogens with zero attached hydrogens (tertiary/aromatic N) is 7. The molecule has 374 valence electrons. The monoisotopic (exact) mass is 968 g/mol. The number of likely N-dealkylation sites (N-methyl/N-ethyl adjacent to an activating group) is 1. The van der Waals surface area contributed by atoms with Crippen molar-refractivity contribution in [2.45, 2.75) is 105 Å². The third kappa shape index (κ3) is 10.5. The molecular weight excluding hydrogens is 895 g/mol. The van der Waals surface area contributed by atoms with E-state index in [0.29, 0.717) is 65.3 Å². The number of thiazole rings is 1. The van der Waals surface area contributed by atoms with Crippen molar-refractivity contribution in [1.29, 1.82) is 0 Å². The number of nitrogens with one attached hydrogen (secondary N) is 2. The van der Waals surface area contributed by atoms with Crippen LogP contribution in [0.1, 0.15) is 89.7 Å². The van der Waals surface area contributed by atoms with Crippen molar-refractivity contribution in [1.82, 2.24) is 40.1 Å². The number of aromatic nitrogens is 3. The average Bonchev–Trinajstić information content (AvgIpc) is 3.60. The first-order valence-corrected chi connectivity index (χ1v) is 26.1. The number of carbonyl (C=O) groups is 3. The second-order valence-corrected chi connectivity index (χ2v) is 22.0. The zero-order valence-corrected chi connectivity index (χ0v) is 42.9. The maximum Gasteiger partial charge on any atom is 0.324 e. The molecule has 4 aromatic rings. The fourth-order valence-corrected chi connectivity index (χ4v) is 11.8. The summed E-state index contributed by atoms with van der Waals surface area (Å²) in [6.07, 6.45) is 3.41. The fraction of sp³-hybridized carbons (Fsp3) is 0.635. The summed E-state index contributed by atoms with van der Waals surface area (Å²) in [4.78, 5) is 61.0. The van der Waals surface area contributed by atoms with Crippen molar-refractivity contribution in [2.75, 3.05) is 91.3 Å². The zero-order chi connectivity index (χ0) is 48.7. The number of ether oxygens (including phenoxy) is 4. The summed E-state index contributed by atoms with van der Waals surface area (Å²) in [5.74, 6) is -0.592. The number of piperazine rings is 1. The van der Waals surface area contributed by atoms with Crippen molar-refractivity contribution in [3.63, 3.8) is 0 Å². The van der Waals surface area contributed by atoms with E-state index in [9.17, 15) is 9.59 Å². The van der Waals surface area contributed by atoms with Gasteiger partial charge in [-0.15, -0.1) is 11.3 Å². The van der Waals surface area contributed by atoms with Crippen LogP contribution >= 0.6 is 11.3 Å². The maximum absolute atomic E-state index is 15.1. The number of benzene rings is 1. The first kappa shape index (κ1) is 49.5. The molecule has 1 aromatic carbocycles. The van der Waals surface area contributed by atoms with E-state index in [4.69, 9.17) is 28.9 Å². The highest BCUT2D eigenvalue weighted by molar-refractivity contribution is 7.10. The lowest BCUT2D eigenvalue weighted by atomic mass is 9.84. The number of rotatable bonds is 11. The summed E-state index contributed by atoms with van der Waals surface area (Å²) in [6, 6.07) is 6.57. The Morgan fingerprint density at radius 2 is 1.78 bits per heavy atom. The van der Waals surface area contributed by atoms with Crippen LogP contribution in [0.25, 0.3) is 33.4 Å². The van der Waals surface area contributed by atoms with Crippen LogP contribution in [0.15, 0.2) is 35.8 Å². The number of hydrazine groups is 1. The van der Waals surface area contributed by atoms with E-state index in [1.807, 2.05) is 13.1 Å². The molecule has 5 aliphatic rings. The summed E-state index contributed by atoms with van der Waals surface area (Å²) >= 11 is 1.51. The largest absolute Gasteiger partial charge is 0.464 e. The van der Waals surface area contributed by atoms with E-state index < -0.39 is 29.5 Å². The molecule has 1 aliphatic carbocycles. The predicted molar refractivity (Wildman–Crippen MR) is 268 cm³/mol. The Kier molecular flexibility index (Phi) is 14.8. The van der Waals surface area contributed by atoms with Gasteiger partial charge in [-0.25, -0.2) is 10.4 Å². The van der Waals surface area contributed by atoms with Crippen LogP contribution in [0, 0.1) is 23.2 Å². The van der Waals surface area contributed by atoms with Gasteiger partial charge < -0.3 is 38.6 Å². The molecule has 0 radical (unpaired) electrons. The van der Waals surface area contributed by atoms with Crippen LogP contribution < -0.4 is 15.6 Å². The number of esters is 1. The molecule has 16 nitrogen and oxygen atoms in total. The van der Waals surface area contributed by atoms with Gasteiger partial charge in [0.05, 0.1) is 73.6 Å². The third-order valence-electron chi connectivity index (χ3n) is 15.2. The normalized spacial score (nSPS) is 26.5. The minimum atomic E-state index is -0.979. The fourth-order valence-electron chi connectivity index (χ4n) is 10.8. The first-order valence-electron chi connectivity index (χ1n) is 25.2. The van der Waals surface area contributed by atoms with Gasteiger partial charge in [-0.05, 0) is 82.7 Å². The summed E-state index contributed by atoms with van der Waals surface area (Å²) in [7, 11) is 3.89. The van der Waals surface area contributed by atoms with E-state index in [0.717, 1.165) is 81.5 Å². The summed E-state index contributed by atoms with van der Waals surface area (Å²) in [5, 5.41) is 8.67. The summed E-state index contributed by atoms with van der Waals surface area (Å²) in [6.45, 7) is 22.1. The molecular formula is C52H73N9O7S. The van der Waals surface area contributed by atoms with Gasteiger partial charge in [-0.1, -0.05) is 33.8 Å². The number of hydrogen-bond acceptors (Lipinski definition) is 14. The quantitative estimate of drug-likeness (QED) is 0.167. The number of carbonyl (C=O) groups excluding carboxylic acids is 3. The third-order valence-corrected chi connectivity index (χ3v) is 16.1. The molecule has 7 heterocycles. The predicted octanol–water partition coefficient (Wildman–Crippen LogP) is 6.09. The minimum absolute atomic E-state index is 0.0484. The van der Waals surface area contributed by atoms with Crippen LogP contribution in [-0.2, 0) is 46.3 Å². The number of amides is 2. The van der Waals surface area contributed by atoms with Crippen molar-refractivity contribution >= 4 is 45.7 Å². The smallest absolute Gasteiger partial charge is 0.324 e. The standard InChI is InChI=1S/C52H73N9O7S/c1-31(2)67-24-21-60-42-13-12-35-25-37(42)39(46(60)38-26-36(28-53-44(38)34(5)65-9)58-17-15-57(8)16-18-58)27-52(6,7)30-68-51(64)40-11-10-14-61(56-40)50(63)45(55-48(62)43-32(3)33(43)4)47(49-54-41(35)29-69-49)59-19-22-66-23-20-59/h12-13,25-26,28-29,31-34,40,43,45,47,56H,10-11,14-24,27,30H2,1-9H3,(H,55,62)/t32-,33+,34-,40-,43?,45-,47-/m0/s1. The number of fused-ring (bicyclic) bond motifs is 6. The molecule has 6 bridgehead atoms. The Labute approximate surface area is 411 Å². The van der Waals surface area contributed by atoms with E-state index >= 15 is 4.79 Å². The lowest BCUT2D eigenvalue weighted by Crippen LogP contribution is -2.63. The van der Waals surface area contributed by atoms with Gasteiger partial charge >= 0.3 is 5.97 Å². The Morgan fingerprint density at radius 1 is 1.03 bits per heavy atom. The maximum atomic E-state index is 15.1. The Bertz CT molecular complexity index is 2490. The van der Waals surface area contributed by atoms with Gasteiger partial charge in [0.1, 0.15) is 17.1 Å². The van der Waals surface area contributed by atoms with Crippen LogP contribution in [0.3, 0.4) is 0 Å². The second kappa shape index (κ2) is 20.7. The van der Waals surface area contributed by atoms with Gasteiger partial charge in [0.25, 0.3) is 5.91 Å². The molecule has 9 rings (SSSR count). The molecule has 2 N–H and O–H groups in total. The molecule has 7 atom stereocenters. The van der Waals surface area contributed by atoms with E-state index in [1.54, 1.807) is 7.11 Å². The van der Waals surface area contributed by atoms with Crippen molar-refractivity contribution in [3.05, 3.63) is 52.1 Å². The number of hydrogen-bond donors (Lipinski definition) is 2. The highest BCUT2D eigenvalue weighted by Crippen LogP contribution is 2.46. The number of morpholine rings is 1. The Balaban J connectivity index is 1.23. The van der Waals surface area contributed by atoms with Gasteiger partial charge in [0.2, 0.25) is 5.91 Å². The van der Waals surface area contributed by atoms with Gasteiger partial charge in [-0.2, -0.15) is 0 Å². The molecule has 0 spiro atoms. The highest BCUT2D eigenvalue weighted by atomic mass is 32.1. The van der Waals surface area contributed by atoms with Crippen molar-refractivity contribution in [2.24, 2.45) is 23.2 Å². The summed E-state index contributed by atoms with van der Waals surface area (Å²) in [5.41, 5.74) is 10.6. The topological polar surface area (TPSA) is 156 Å². The molecule has 4 aliphatic heterocycles. The van der Waals surface area contributed by atoms with Crippen LogP contribution in [0.5, 0.6) is 0 Å². The Morgan fingerprint density at radius 3 is 2.49 bits per heavy atom. The molecule has 1 unspecified atom stereocenters. The van der Waals surface area contributed by atoms with Crippen molar-refractivity contribution in [3.8, 4) is 22.5 Å². The molecule has 1 saturated carbocycles. The van der Waals surface area contributed by atoms with E-state index in [-0.39, 0.29) is 48.4 Å². The van der Waals surface area contributed by atoms with Crippen LogP contribution in [0.4, 0.5) is 5.69 Å². The number of anilines is 1. The van der Waals surface area contributed by atoms with Crippen LogP contribution in [-0.4, -0.2) is 152 Å². The van der Waals surface area contributed by atoms with E-state index in [2.05, 4.69) is 108 Å².